The van der Waals surface area contributed by atoms with Crippen molar-refractivity contribution in [1.82, 2.24) is 5.32 Å². The van der Waals surface area contributed by atoms with Crippen LogP contribution in [-0.2, 0) is 16.6 Å². The Morgan fingerprint density at radius 2 is 1.92 bits per heavy atom. The minimum Gasteiger partial charge on any atom is -0.454 e. The van der Waals surface area contributed by atoms with E-state index in [9.17, 15) is 13.2 Å². The van der Waals surface area contributed by atoms with Crippen LogP contribution < -0.4 is 19.5 Å². The maximum Gasteiger partial charge on any atom is 0.253 e. The second kappa shape index (κ2) is 6.81. The van der Waals surface area contributed by atoms with Crippen LogP contribution >= 0.6 is 11.6 Å². The molecule has 1 aliphatic rings. The van der Waals surface area contributed by atoms with Crippen LogP contribution in [-0.4, -0.2) is 27.4 Å². The van der Waals surface area contributed by atoms with Crippen molar-refractivity contribution < 1.29 is 22.7 Å². The van der Waals surface area contributed by atoms with E-state index in [1.807, 2.05) is 6.07 Å². The Kier molecular flexibility index (Phi) is 4.73. The van der Waals surface area contributed by atoms with Gasteiger partial charge in [-0.2, -0.15) is 0 Å². The van der Waals surface area contributed by atoms with E-state index in [0.717, 1.165) is 11.8 Å². The second-order valence-corrected chi connectivity index (χ2v) is 7.59. The lowest BCUT2D eigenvalue weighted by molar-refractivity contribution is 0.0951. The summed E-state index contributed by atoms with van der Waals surface area (Å²) < 4.78 is 35.3. The predicted octanol–water partition coefficient (Wildman–Crippen LogP) is 2.37. The highest BCUT2D eigenvalue weighted by molar-refractivity contribution is 7.92. The van der Waals surface area contributed by atoms with Gasteiger partial charge in [-0.1, -0.05) is 17.7 Å². The fourth-order valence-electron chi connectivity index (χ4n) is 2.31. The molecular weight excluding hydrogens is 368 g/mol. The summed E-state index contributed by atoms with van der Waals surface area (Å²) in [6.45, 7) is 0.476. The van der Waals surface area contributed by atoms with Gasteiger partial charge >= 0.3 is 0 Å². The topological polar surface area (TPSA) is 93.7 Å². The first-order chi connectivity index (χ1) is 11.8. The molecule has 0 bridgehead atoms. The van der Waals surface area contributed by atoms with Gasteiger partial charge in [-0.15, -0.1) is 0 Å². The maximum absolute atomic E-state index is 12.3. The molecular formula is C16H15ClN2O5S. The Labute approximate surface area is 149 Å². The van der Waals surface area contributed by atoms with Crippen molar-refractivity contribution in [2.45, 2.75) is 6.54 Å². The number of amides is 1. The SMILES string of the molecule is CS(=O)(=O)Nc1ccc(C(=O)NCc2ccc3c(c2)OCO3)c(Cl)c1. The second-order valence-electron chi connectivity index (χ2n) is 5.44. The van der Waals surface area contributed by atoms with Crippen LogP contribution in [0.25, 0.3) is 0 Å². The Hall–Kier alpha value is -2.45. The number of halogens is 1. The Morgan fingerprint density at radius 3 is 2.64 bits per heavy atom. The van der Waals surface area contributed by atoms with Crippen molar-refractivity contribution in [3.05, 3.63) is 52.5 Å². The van der Waals surface area contributed by atoms with Crippen LogP contribution in [0.3, 0.4) is 0 Å². The molecule has 0 radical (unpaired) electrons. The lowest BCUT2D eigenvalue weighted by atomic mass is 10.1. The molecule has 2 N–H and O–H groups in total. The summed E-state index contributed by atoms with van der Waals surface area (Å²) in [4.78, 5) is 12.3. The summed E-state index contributed by atoms with van der Waals surface area (Å²) in [6, 6.07) is 9.73. The van der Waals surface area contributed by atoms with Crippen LogP contribution in [0.4, 0.5) is 5.69 Å². The average Bonchev–Trinajstić information content (AvgIpc) is 2.98. The van der Waals surface area contributed by atoms with Crippen LogP contribution in [0.5, 0.6) is 11.5 Å². The fraction of sp³-hybridized carbons (Fsp3) is 0.188. The van der Waals surface area contributed by atoms with E-state index in [0.29, 0.717) is 17.2 Å². The van der Waals surface area contributed by atoms with Gasteiger partial charge in [-0.25, -0.2) is 8.42 Å². The molecule has 0 unspecified atom stereocenters. The molecule has 0 saturated heterocycles. The lowest BCUT2D eigenvalue weighted by Gasteiger charge is -2.09. The van der Waals surface area contributed by atoms with Gasteiger partial charge in [0.25, 0.3) is 5.91 Å². The van der Waals surface area contributed by atoms with E-state index in [-0.39, 0.29) is 29.8 Å². The summed E-state index contributed by atoms with van der Waals surface area (Å²) in [5.74, 6) is 0.946. The first-order valence-corrected chi connectivity index (χ1v) is 9.53. The number of carbonyl (C=O) groups is 1. The highest BCUT2D eigenvalue weighted by Crippen LogP contribution is 2.32. The molecule has 7 nitrogen and oxygen atoms in total. The molecule has 0 aliphatic carbocycles. The molecule has 0 atom stereocenters. The zero-order valence-corrected chi connectivity index (χ0v) is 14.8. The zero-order valence-electron chi connectivity index (χ0n) is 13.2. The van der Waals surface area contributed by atoms with Gasteiger partial charge in [0.15, 0.2) is 11.5 Å². The molecule has 0 saturated carbocycles. The first kappa shape index (κ1) is 17.4. The summed E-state index contributed by atoms with van der Waals surface area (Å²) in [7, 11) is -3.41. The van der Waals surface area contributed by atoms with Crippen LogP contribution in [0, 0.1) is 0 Å². The molecule has 9 heteroatoms. The van der Waals surface area contributed by atoms with E-state index in [2.05, 4.69) is 10.0 Å². The largest absolute Gasteiger partial charge is 0.454 e. The molecule has 3 rings (SSSR count). The van der Waals surface area contributed by atoms with Crippen molar-refractivity contribution >= 4 is 33.2 Å². The number of anilines is 1. The lowest BCUT2D eigenvalue weighted by Crippen LogP contribution is -2.23. The summed E-state index contributed by atoms with van der Waals surface area (Å²) in [5, 5.41) is 2.91. The number of benzene rings is 2. The maximum atomic E-state index is 12.3. The van der Waals surface area contributed by atoms with Crippen molar-refractivity contribution in [2.75, 3.05) is 17.8 Å². The zero-order chi connectivity index (χ0) is 18.0. The minimum atomic E-state index is -3.41. The fourth-order valence-corrected chi connectivity index (χ4v) is 3.13. The van der Waals surface area contributed by atoms with Gasteiger partial charge in [0.05, 0.1) is 16.8 Å². The van der Waals surface area contributed by atoms with E-state index in [1.165, 1.54) is 18.2 Å². The van der Waals surface area contributed by atoms with Crippen molar-refractivity contribution in [2.24, 2.45) is 0 Å². The van der Waals surface area contributed by atoms with E-state index < -0.39 is 10.0 Å². The van der Waals surface area contributed by atoms with Gasteiger partial charge in [0.2, 0.25) is 16.8 Å². The number of ether oxygens (including phenoxy) is 2. The Balaban J connectivity index is 1.67. The molecule has 1 aliphatic heterocycles. The number of carbonyl (C=O) groups excluding carboxylic acids is 1. The van der Waals surface area contributed by atoms with Crippen LogP contribution in [0.1, 0.15) is 15.9 Å². The predicted molar refractivity (Wildman–Crippen MR) is 93.7 cm³/mol. The number of rotatable bonds is 5. The molecule has 1 amide bonds. The molecule has 0 fully saturated rings. The van der Waals surface area contributed by atoms with Gasteiger partial charge in [-0.05, 0) is 35.9 Å². The molecule has 0 aromatic heterocycles. The minimum absolute atomic E-state index is 0.150. The van der Waals surface area contributed by atoms with Crippen molar-refractivity contribution in [3.63, 3.8) is 0 Å². The van der Waals surface area contributed by atoms with Gasteiger partial charge < -0.3 is 14.8 Å². The quantitative estimate of drug-likeness (QED) is 0.828. The van der Waals surface area contributed by atoms with E-state index in [4.69, 9.17) is 21.1 Å². The Bertz CT molecular complexity index is 930. The number of fused-ring (bicyclic) bond motifs is 1. The Morgan fingerprint density at radius 1 is 1.16 bits per heavy atom. The number of sulfonamides is 1. The summed E-state index contributed by atoms with van der Waals surface area (Å²) >= 11 is 6.08. The van der Waals surface area contributed by atoms with Gasteiger partial charge in [0, 0.05) is 12.2 Å². The van der Waals surface area contributed by atoms with Gasteiger partial charge in [0.1, 0.15) is 0 Å². The highest BCUT2D eigenvalue weighted by Gasteiger charge is 2.15. The molecule has 0 spiro atoms. The number of hydrogen-bond donors (Lipinski definition) is 2. The third kappa shape index (κ3) is 4.34. The van der Waals surface area contributed by atoms with Gasteiger partial charge in [-0.3, -0.25) is 9.52 Å². The molecule has 1 heterocycles. The summed E-state index contributed by atoms with van der Waals surface area (Å²) in [6.07, 6.45) is 1.03. The molecule has 2 aromatic rings. The monoisotopic (exact) mass is 382 g/mol. The number of nitrogens with one attached hydrogen (secondary N) is 2. The molecule has 132 valence electrons. The van der Waals surface area contributed by atoms with Crippen LogP contribution in [0.2, 0.25) is 5.02 Å². The smallest absolute Gasteiger partial charge is 0.253 e. The third-order valence-corrected chi connectivity index (χ3v) is 4.33. The van der Waals surface area contributed by atoms with E-state index >= 15 is 0 Å². The van der Waals surface area contributed by atoms with Crippen molar-refractivity contribution in [3.8, 4) is 11.5 Å². The number of hydrogen-bond acceptors (Lipinski definition) is 5. The van der Waals surface area contributed by atoms with Crippen molar-refractivity contribution in [1.29, 1.82) is 0 Å². The molecule has 25 heavy (non-hydrogen) atoms. The standard InChI is InChI=1S/C16H15ClN2O5S/c1-25(21,22)19-11-3-4-12(13(17)7-11)16(20)18-8-10-2-5-14-15(6-10)24-9-23-14/h2-7,19H,8-9H2,1H3,(H,18,20). The summed E-state index contributed by atoms with van der Waals surface area (Å²) in [5.41, 5.74) is 1.39. The third-order valence-electron chi connectivity index (χ3n) is 3.41. The highest BCUT2D eigenvalue weighted by atomic mass is 35.5. The average molecular weight is 383 g/mol. The first-order valence-electron chi connectivity index (χ1n) is 7.26. The molecule has 2 aromatic carbocycles. The van der Waals surface area contributed by atoms with Crippen LogP contribution in [0.15, 0.2) is 36.4 Å². The normalized spacial score (nSPS) is 12.7. The van der Waals surface area contributed by atoms with E-state index in [1.54, 1.807) is 12.1 Å².